The van der Waals surface area contributed by atoms with E-state index in [1.807, 2.05) is 6.07 Å². The number of amides is 2. The fourth-order valence-corrected chi connectivity index (χ4v) is 4.32. The third kappa shape index (κ3) is 2.34. The van der Waals surface area contributed by atoms with Crippen molar-refractivity contribution in [3.05, 3.63) is 65.7 Å². The summed E-state index contributed by atoms with van der Waals surface area (Å²) in [6, 6.07) is 15.8. The number of nitrogens with one attached hydrogen (secondary N) is 1. The van der Waals surface area contributed by atoms with E-state index in [-0.39, 0.29) is 5.78 Å². The average molecular weight is 378 g/mol. The quantitative estimate of drug-likeness (QED) is 0.784. The predicted molar refractivity (Wildman–Crippen MR) is 104 cm³/mol. The van der Waals surface area contributed by atoms with Crippen molar-refractivity contribution in [3.63, 3.8) is 0 Å². The van der Waals surface area contributed by atoms with Crippen LogP contribution in [0, 0.1) is 5.92 Å². The van der Waals surface area contributed by atoms with E-state index in [1.165, 1.54) is 0 Å². The molecule has 2 N–H and O–H groups in total. The maximum absolute atomic E-state index is 13.6. The predicted octanol–water partition coefficient (Wildman–Crippen LogP) is 2.33. The van der Waals surface area contributed by atoms with Crippen molar-refractivity contribution < 1.29 is 19.5 Å². The summed E-state index contributed by atoms with van der Waals surface area (Å²) >= 11 is 0. The molecule has 3 unspecified atom stereocenters. The van der Waals surface area contributed by atoms with Gasteiger partial charge < -0.3 is 10.4 Å². The van der Waals surface area contributed by atoms with Gasteiger partial charge in [0.2, 0.25) is 5.91 Å². The number of benzene rings is 2. The second-order valence-corrected chi connectivity index (χ2v) is 8.28. The van der Waals surface area contributed by atoms with E-state index >= 15 is 0 Å². The van der Waals surface area contributed by atoms with Crippen molar-refractivity contribution >= 4 is 23.3 Å². The molecule has 6 heteroatoms. The molecule has 0 bridgehead atoms. The summed E-state index contributed by atoms with van der Waals surface area (Å²) < 4.78 is 0. The molecule has 3 atom stereocenters. The molecule has 2 aliphatic rings. The molecule has 2 heterocycles. The second-order valence-electron chi connectivity index (χ2n) is 8.28. The molecule has 0 spiro atoms. The Hall–Kier alpha value is -2.99. The molecular formula is C22H22N2O4. The van der Waals surface area contributed by atoms with E-state index in [9.17, 15) is 19.5 Å². The van der Waals surface area contributed by atoms with Gasteiger partial charge in [0, 0.05) is 16.8 Å². The van der Waals surface area contributed by atoms with Crippen LogP contribution in [0.3, 0.4) is 0 Å². The third-order valence-electron chi connectivity index (χ3n) is 5.50. The number of hydrogen-bond donors (Lipinski definition) is 2. The number of likely N-dealkylation sites (tertiary alicyclic amines) is 1. The van der Waals surface area contributed by atoms with Crippen LogP contribution >= 0.6 is 0 Å². The molecule has 28 heavy (non-hydrogen) atoms. The zero-order valence-electron chi connectivity index (χ0n) is 16.0. The molecule has 0 saturated carbocycles. The van der Waals surface area contributed by atoms with Crippen molar-refractivity contribution in [2.45, 2.75) is 38.0 Å². The van der Waals surface area contributed by atoms with Gasteiger partial charge in [-0.05, 0) is 38.5 Å². The smallest absolute Gasteiger partial charge is 0.259 e. The Morgan fingerprint density at radius 3 is 2.11 bits per heavy atom. The van der Waals surface area contributed by atoms with Gasteiger partial charge in [0.1, 0.15) is 17.6 Å². The summed E-state index contributed by atoms with van der Waals surface area (Å²) in [6.45, 7) is 5.18. The summed E-state index contributed by atoms with van der Waals surface area (Å²) in [7, 11) is 0. The van der Waals surface area contributed by atoms with E-state index in [0.717, 1.165) is 4.90 Å². The molecule has 1 fully saturated rings. The lowest BCUT2D eigenvalue weighted by Crippen LogP contribution is -2.53. The van der Waals surface area contributed by atoms with E-state index in [2.05, 4.69) is 5.32 Å². The summed E-state index contributed by atoms with van der Waals surface area (Å²) in [5.74, 6) is -2.82. The Morgan fingerprint density at radius 2 is 1.54 bits per heavy atom. The average Bonchev–Trinajstić information content (AvgIpc) is 3.07. The fraction of sp³-hybridized carbons (Fsp3) is 0.318. The molecule has 0 radical (unpaired) electrons. The SMILES string of the molecule is CC(C)(C)N1C(=O)C(O)C(C2(c3ccccc3)Nc3ccccc3C2=O)C1=O. The first-order valence-electron chi connectivity index (χ1n) is 9.23. The lowest BCUT2D eigenvalue weighted by molar-refractivity contribution is -0.146. The fourth-order valence-electron chi connectivity index (χ4n) is 4.32. The number of aliphatic hydroxyl groups is 1. The van der Waals surface area contributed by atoms with Gasteiger partial charge in [-0.1, -0.05) is 42.5 Å². The number of Topliss-reactive ketones (excluding diaryl/α,β-unsaturated/α-hetero) is 1. The number of ketones is 1. The summed E-state index contributed by atoms with van der Waals surface area (Å²) in [4.78, 5) is 40.9. The van der Waals surface area contributed by atoms with Crippen molar-refractivity contribution in [2.24, 2.45) is 5.92 Å². The first-order chi connectivity index (χ1) is 13.2. The van der Waals surface area contributed by atoms with E-state index in [0.29, 0.717) is 16.8 Å². The number of para-hydroxylation sites is 1. The van der Waals surface area contributed by atoms with Crippen LogP contribution in [0.2, 0.25) is 0 Å². The van der Waals surface area contributed by atoms with Gasteiger partial charge in [-0.15, -0.1) is 0 Å². The van der Waals surface area contributed by atoms with Crippen LogP contribution < -0.4 is 5.32 Å². The van der Waals surface area contributed by atoms with Gasteiger partial charge >= 0.3 is 0 Å². The van der Waals surface area contributed by atoms with E-state index in [4.69, 9.17) is 0 Å². The summed E-state index contributed by atoms with van der Waals surface area (Å²) in [5, 5.41) is 14.0. The van der Waals surface area contributed by atoms with Crippen molar-refractivity contribution in [1.29, 1.82) is 0 Å². The van der Waals surface area contributed by atoms with Crippen LogP contribution in [-0.2, 0) is 15.1 Å². The highest BCUT2D eigenvalue weighted by Gasteiger charge is 2.64. The van der Waals surface area contributed by atoms with Crippen molar-refractivity contribution in [1.82, 2.24) is 4.90 Å². The Balaban J connectivity index is 1.94. The molecule has 144 valence electrons. The first-order valence-corrected chi connectivity index (χ1v) is 9.23. The Morgan fingerprint density at radius 1 is 0.929 bits per heavy atom. The van der Waals surface area contributed by atoms with Gasteiger partial charge in [-0.2, -0.15) is 0 Å². The second kappa shape index (κ2) is 6.01. The maximum Gasteiger partial charge on any atom is 0.259 e. The lowest BCUT2D eigenvalue weighted by atomic mass is 9.73. The Bertz CT molecular complexity index is 980. The monoisotopic (exact) mass is 378 g/mol. The van der Waals surface area contributed by atoms with Gasteiger partial charge in [0.05, 0.1) is 0 Å². The number of nitrogens with zero attached hydrogens (tertiary/aromatic N) is 1. The number of carbonyl (C=O) groups excluding carboxylic acids is 3. The van der Waals surface area contributed by atoms with Crippen LogP contribution in [0.1, 0.15) is 36.7 Å². The van der Waals surface area contributed by atoms with Gasteiger partial charge in [0.25, 0.3) is 5.91 Å². The Labute approximate surface area is 163 Å². The highest BCUT2D eigenvalue weighted by molar-refractivity contribution is 6.19. The first kappa shape index (κ1) is 18.4. The molecule has 0 aromatic heterocycles. The molecule has 2 aromatic rings. The topological polar surface area (TPSA) is 86.7 Å². The minimum atomic E-state index is -1.61. The molecular weight excluding hydrogens is 356 g/mol. The van der Waals surface area contributed by atoms with Crippen LogP contribution in [-0.4, -0.2) is 39.2 Å². The highest BCUT2D eigenvalue weighted by Crippen LogP contribution is 2.48. The summed E-state index contributed by atoms with van der Waals surface area (Å²) in [6.07, 6.45) is -1.61. The summed E-state index contributed by atoms with van der Waals surface area (Å²) in [5.41, 5.74) is -0.795. The lowest BCUT2D eigenvalue weighted by Gasteiger charge is -2.36. The highest BCUT2D eigenvalue weighted by atomic mass is 16.3. The molecule has 2 aromatic carbocycles. The minimum Gasteiger partial charge on any atom is -0.382 e. The van der Waals surface area contributed by atoms with E-state index < -0.39 is 34.9 Å². The molecule has 2 amide bonds. The molecule has 2 aliphatic heterocycles. The number of imide groups is 1. The minimum absolute atomic E-state index is 0.324. The largest absolute Gasteiger partial charge is 0.382 e. The molecule has 1 saturated heterocycles. The van der Waals surface area contributed by atoms with Crippen molar-refractivity contribution in [2.75, 3.05) is 5.32 Å². The van der Waals surface area contributed by atoms with Gasteiger partial charge in [-0.25, -0.2) is 0 Å². The number of anilines is 1. The third-order valence-corrected chi connectivity index (χ3v) is 5.50. The number of carbonyl (C=O) groups is 3. The number of rotatable bonds is 2. The number of aliphatic hydroxyl groups excluding tert-OH is 1. The zero-order valence-corrected chi connectivity index (χ0v) is 16.0. The standard InChI is InChI=1S/C22H22N2O4/c1-21(2,3)24-19(27)16(17(25)20(24)28)22(13-9-5-4-6-10-13)18(26)14-11-7-8-12-15(14)23-22/h4-12,16-17,23,25H,1-3H3. The molecule has 4 rings (SSSR count). The zero-order chi connectivity index (χ0) is 20.3. The molecule has 0 aliphatic carbocycles. The normalized spacial score (nSPS) is 27.1. The maximum atomic E-state index is 13.6. The van der Waals surface area contributed by atoms with Crippen LogP contribution in [0.15, 0.2) is 54.6 Å². The number of fused-ring (bicyclic) bond motifs is 1. The Kier molecular flexibility index (Phi) is 3.94. The van der Waals surface area contributed by atoms with Gasteiger partial charge in [-0.3, -0.25) is 19.3 Å². The number of hydrogen-bond acceptors (Lipinski definition) is 5. The van der Waals surface area contributed by atoms with Crippen LogP contribution in [0.25, 0.3) is 0 Å². The van der Waals surface area contributed by atoms with Gasteiger partial charge in [0.15, 0.2) is 5.78 Å². The molecule has 6 nitrogen and oxygen atoms in total. The van der Waals surface area contributed by atoms with Crippen molar-refractivity contribution in [3.8, 4) is 0 Å². The van der Waals surface area contributed by atoms with Crippen LogP contribution in [0.5, 0.6) is 0 Å². The van der Waals surface area contributed by atoms with Crippen LogP contribution in [0.4, 0.5) is 5.69 Å². The van der Waals surface area contributed by atoms with E-state index in [1.54, 1.807) is 69.3 Å².